The van der Waals surface area contributed by atoms with E-state index in [1.807, 2.05) is 30.3 Å². The second kappa shape index (κ2) is 9.24. The number of ether oxygens (including phenoxy) is 1. The van der Waals surface area contributed by atoms with Gasteiger partial charge in [-0.1, -0.05) is 30.3 Å². The molecule has 2 aliphatic heterocycles. The van der Waals surface area contributed by atoms with Gasteiger partial charge in [-0.15, -0.1) is 0 Å². The van der Waals surface area contributed by atoms with Crippen LogP contribution < -0.4 is 0 Å². The van der Waals surface area contributed by atoms with Crippen LogP contribution in [0.1, 0.15) is 37.9 Å². The predicted octanol–water partition coefficient (Wildman–Crippen LogP) is 3.43. The average Bonchev–Trinajstić information content (AvgIpc) is 2.88. The summed E-state index contributed by atoms with van der Waals surface area (Å²) < 4.78 is 45.7. The van der Waals surface area contributed by atoms with Crippen molar-refractivity contribution in [1.29, 1.82) is 0 Å². The third-order valence-corrected chi connectivity index (χ3v) is 8.29. The molecule has 2 aliphatic rings. The molecule has 0 aromatic heterocycles. The molecule has 1 atom stereocenters. The summed E-state index contributed by atoms with van der Waals surface area (Å²) in [6.45, 7) is 0.730. The number of esters is 1. The highest BCUT2D eigenvalue weighted by Gasteiger charge is 2.32. The Kier molecular flexibility index (Phi) is 6.12. The molecule has 5 rings (SSSR count). The fourth-order valence-corrected chi connectivity index (χ4v) is 5.87. The van der Waals surface area contributed by atoms with Crippen molar-refractivity contribution in [3.63, 3.8) is 0 Å². The largest absolute Gasteiger partial charge is 0.454 e. The first-order valence-corrected chi connectivity index (χ1v) is 12.7. The molecular formula is C26H23FN2O5S. The van der Waals surface area contributed by atoms with Gasteiger partial charge in [0.15, 0.2) is 0 Å². The Bertz CT molecular complexity index is 1370. The first kappa shape index (κ1) is 23.2. The SMILES string of the molecule is O=C1O[C@H](c2ccccc2)Cc2cc(C(=O)N3CCN(S(=O)(=O)c4ccc(F)cc4)CC3)ccc21. The predicted molar refractivity (Wildman–Crippen MR) is 126 cm³/mol. The van der Waals surface area contributed by atoms with Crippen molar-refractivity contribution in [1.82, 2.24) is 9.21 Å². The van der Waals surface area contributed by atoms with Gasteiger partial charge in [0.05, 0.1) is 10.5 Å². The third-order valence-electron chi connectivity index (χ3n) is 6.38. The van der Waals surface area contributed by atoms with E-state index in [4.69, 9.17) is 4.74 Å². The molecule has 0 radical (unpaired) electrons. The van der Waals surface area contributed by atoms with E-state index >= 15 is 0 Å². The number of halogens is 1. The van der Waals surface area contributed by atoms with E-state index in [0.717, 1.165) is 23.3 Å². The molecule has 0 bridgehead atoms. The third kappa shape index (κ3) is 4.56. The average molecular weight is 495 g/mol. The van der Waals surface area contributed by atoms with E-state index in [1.165, 1.54) is 16.4 Å². The molecule has 180 valence electrons. The highest BCUT2D eigenvalue weighted by atomic mass is 32.2. The first-order chi connectivity index (χ1) is 16.8. The Hall–Kier alpha value is -3.56. The molecule has 3 aromatic rings. The molecule has 1 amide bonds. The zero-order valence-electron chi connectivity index (χ0n) is 18.8. The molecule has 3 aromatic carbocycles. The highest BCUT2D eigenvalue weighted by Crippen LogP contribution is 2.31. The van der Waals surface area contributed by atoms with Crippen molar-refractivity contribution in [2.24, 2.45) is 0 Å². The molecule has 0 aliphatic carbocycles. The van der Waals surface area contributed by atoms with Crippen molar-refractivity contribution in [3.8, 4) is 0 Å². The number of cyclic esters (lactones) is 1. The summed E-state index contributed by atoms with van der Waals surface area (Å²) in [7, 11) is -3.77. The number of amides is 1. The van der Waals surface area contributed by atoms with Crippen LogP contribution in [0.4, 0.5) is 4.39 Å². The first-order valence-electron chi connectivity index (χ1n) is 11.3. The Labute approximate surface area is 202 Å². The second-order valence-corrected chi connectivity index (χ2v) is 10.5. The zero-order chi connectivity index (χ0) is 24.6. The maximum absolute atomic E-state index is 13.2. The van der Waals surface area contributed by atoms with Gasteiger partial charge in [-0.25, -0.2) is 17.6 Å². The number of fused-ring (bicyclic) bond motifs is 1. The number of hydrogen-bond donors (Lipinski definition) is 0. The maximum atomic E-state index is 13.2. The second-order valence-electron chi connectivity index (χ2n) is 8.53. The van der Waals surface area contributed by atoms with E-state index < -0.39 is 27.9 Å². The Morgan fingerprint density at radius 3 is 2.29 bits per heavy atom. The van der Waals surface area contributed by atoms with Crippen LogP contribution >= 0.6 is 0 Å². The van der Waals surface area contributed by atoms with Gasteiger partial charge in [-0.05, 0) is 53.6 Å². The summed E-state index contributed by atoms with van der Waals surface area (Å²) in [5.74, 6) is -1.15. The lowest BCUT2D eigenvalue weighted by molar-refractivity contribution is 0.0252. The molecule has 35 heavy (non-hydrogen) atoms. The molecule has 0 N–H and O–H groups in total. The van der Waals surface area contributed by atoms with E-state index in [2.05, 4.69) is 0 Å². The lowest BCUT2D eigenvalue weighted by Crippen LogP contribution is -2.50. The van der Waals surface area contributed by atoms with Gasteiger partial charge in [0.2, 0.25) is 10.0 Å². The molecule has 1 fully saturated rings. The van der Waals surface area contributed by atoms with Crippen LogP contribution in [0.25, 0.3) is 0 Å². The highest BCUT2D eigenvalue weighted by molar-refractivity contribution is 7.89. The van der Waals surface area contributed by atoms with Crippen LogP contribution in [0.2, 0.25) is 0 Å². The van der Waals surface area contributed by atoms with Crippen LogP contribution in [0.5, 0.6) is 0 Å². The van der Waals surface area contributed by atoms with Gasteiger partial charge >= 0.3 is 5.97 Å². The number of hydrogen-bond acceptors (Lipinski definition) is 5. The standard InChI is InChI=1S/C26H23FN2O5S/c27-21-7-9-22(10-8-21)35(32,33)29-14-12-28(13-15-29)25(30)19-6-11-23-20(16-19)17-24(34-26(23)31)18-4-2-1-3-5-18/h1-11,16,24H,12-15,17H2/t24-/m0/s1. The Morgan fingerprint density at radius 2 is 1.60 bits per heavy atom. The van der Waals surface area contributed by atoms with Crippen LogP contribution in [-0.2, 0) is 21.2 Å². The van der Waals surface area contributed by atoms with E-state index in [0.29, 0.717) is 17.5 Å². The van der Waals surface area contributed by atoms with Crippen molar-refractivity contribution in [2.75, 3.05) is 26.2 Å². The molecule has 1 saturated heterocycles. The summed E-state index contributed by atoms with van der Waals surface area (Å²) in [6.07, 6.45) is 0.0531. The van der Waals surface area contributed by atoms with Crippen LogP contribution in [0.3, 0.4) is 0 Å². The summed E-state index contributed by atoms with van der Waals surface area (Å²) in [6, 6.07) is 19.1. The van der Waals surface area contributed by atoms with Crippen molar-refractivity contribution < 1.29 is 27.1 Å². The van der Waals surface area contributed by atoms with Crippen LogP contribution in [0.15, 0.2) is 77.7 Å². The molecule has 9 heteroatoms. The monoisotopic (exact) mass is 494 g/mol. The summed E-state index contributed by atoms with van der Waals surface area (Å²) in [5.41, 5.74) is 2.53. The van der Waals surface area contributed by atoms with Gasteiger partial charge in [0.1, 0.15) is 11.9 Å². The number of carbonyl (C=O) groups is 2. The minimum absolute atomic E-state index is 0.0215. The van der Waals surface area contributed by atoms with Crippen LogP contribution in [-0.4, -0.2) is 55.7 Å². The molecule has 2 heterocycles. The number of piperazine rings is 1. The van der Waals surface area contributed by atoms with Gasteiger partial charge < -0.3 is 9.64 Å². The van der Waals surface area contributed by atoms with Gasteiger partial charge in [-0.3, -0.25) is 4.79 Å². The van der Waals surface area contributed by atoms with Crippen molar-refractivity contribution >= 4 is 21.9 Å². The molecule has 0 unspecified atom stereocenters. The topological polar surface area (TPSA) is 84.0 Å². The van der Waals surface area contributed by atoms with Crippen LogP contribution in [0, 0.1) is 5.82 Å². The van der Waals surface area contributed by atoms with Crippen molar-refractivity contribution in [2.45, 2.75) is 17.4 Å². The Morgan fingerprint density at radius 1 is 0.914 bits per heavy atom. The van der Waals surface area contributed by atoms with Crippen molar-refractivity contribution in [3.05, 3.63) is 101 Å². The van der Waals surface area contributed by atoms with Gasteiger partial charge in [-0.2, -0.15) is 4.31 Å². The quantitative estimate of drug-likeness (QED) is 0.519. The molecule has 7 nitrogen and oxygen atoms in total. The maximum Gasteiger partial charge on any atom is 0.339 e. The number of rotatable bonds is 4. The fourth-order valence-electron chi connectivity index (χ4n) is 4.45. The number of nitrogens with zero attached hydrogens (tertiary/aromatic N) is 2. The van der Waals surface area contributed by atoms with Gasteiger partial charge in [0.25, 0.3) is 5.91 Å². The zero-order valence-corrected chi connectivity index (χ0v) is 19.6. The number of carbonyl (C=O) groups excluding carboxylic acids is 2. The van der Waals surface area contributed by atoms with E-state index in [-0.39, 0.29) is 37.0 Å². The minimum Gasteiger partial charge on any atom is -0.454 e. The number of benzene rings is 3. The van der Waals surface area contributed by atoms with E-state index in [9.17, 15) is 22.4 Å². The summed E-state index contributed by atoms with van der Waals surface area (Å²) >= 11 is 0. The lowest BCUT2D eigenvalue weighted by atomic mass is 9.93. The molecule has 0 saturated carbocycles. The molecule has 0 spiro atoms. The Balaban J connectivity index is 1.29. The number of sulfonamides is 1. The summed E-state index contributed by atoms with van der Waals surface area (Å²) in [4.78, 5) is 27.3. The fraction of sp³-hybridized carbons (Fsp3) is 0.231. The minimum atomic E-state index is -3.77. The van der Waals surface area contributed by atoms with Gasteiger partial charge in [0, 0.05) is 38.2 Å². The molecular weight excluding hydrogens is 471 g/mol. The smallest absolute Gasteiger partial charge is 0.339 e. The van der Waals surface area contributed by atoms with E-state index in [1.54, 1.807) is 23.1 Å². The lowest BCUT2D eigenvalue weighted by Gasteiger charge is -2.34. The summed E-state index contributed by atoms with van der Waals surface area (Å²) in [5, 5.41) is 0. The normalized spacial score (nSPS) is 18.6.